The van der Waals surface area contributed by atoms with E-state index in [9.17, 15) is 4.79 Å². The first-order chi connectivity index (χ1) is 15.2. The lowest BCUT2D eigenvalue weighted by Crippen LogP contribution is -2.45. The van der Waals surface area contributed by atoms with Gasteiger partial charge in [-0.1, -0.05) is 18.6 Å². The van der Waals surface area contributed by atoms with Gasteiger partial charge in [0.1, 0.15) is 5.82 Å². The summed E-state index contributed by atoms with van der Waals surface area (Å²) in [5, 5.41) is 8.19. The first-order valence-corrected chi connectivity index (χ1v) is 11.5. The SMILES string of the molecule is Cc1nc2ccccc2nc1NCC1CCCCN1CCn1nc2c(cc1=O)CCC2. The van der Waals surface area contributed by atoms with E-state index in [0.717, 1.165) is 79.1 Å². The molecule has 1 aliphatic carbocycles. The first-order valence-electron chi connectivity index (χ1n) is 11.5. The number of hydrogen-bond donors (Lipinski definition) is 1. The van der Waals surface area contributed by atoms with E-state index in [1.165, 1.54) is 12.8 Å². The summed E-state index contributed by atoms with van der Waals surface area (Å²) < 4.78 is 1.67. The Balaban J connectivity index is 1.25. The fourth-order valence-electron chi connectivity index (χ4n) is 4.88. The number of likely N-dealkylation sites (tertiary alicyclic amines) is 1. The largest absolute Gasteiger partial charge is 0.367 e. The molecule has 1 aliphatic heterocycles. The van der Waals surface area contributed by atoms with Gasteiger partial charge in [0.15, 0.2) is 0 Å². The summed E-state index contributed by atoms with van der Waals surface area (Å²) in [6, 6.07) is 10.2. The van der Waals surface area contributed by atoms with E-state index in [1.54, 1.807) is 10.7 Å². The highest BCUT2D eigenvalue weighted by atomic mass is 16.1. The maximum Gasteiger partial charge on any atom is 0.267 e. The highest BCUT2D eigenvalue weighted by Gasteiger charge is 2.23. The molecule has 1 saturated heterocycles. The van der Waals surface area contributed by atoms with Crippen molar-refractivity contribution in [2.75, 3.05) is 25.0 Å². The second-order valence-electron chi connectivity index (χ2n) is 8.74. The van der Waals surface area contributed by atoms with Crippen LogP contribution in [0.1, 0.15) is 42.6 Å². The molecule has 3 aromatic rings. The van der Waals surface area contributed by atoms with Gasteiger partial charge in [-0.2, -0.15) is 5.10 Å². The Labute approximate surface area is 182 Å². The van der Waals surface area contributed by atoms with Crippen molar-refractivity contribution in [3.05, 3.63) is 57.6 Å². The predicted molar refractivity (Wildman–Crippen MR) is 122 cm³/mol. The summed E-state index contributed by atoms with van der Waals surface area (Å²) in [5.41, 5.74) is 5.06. The van der Waals surface area contributed by atoms with E-state index >= 15 is 0 Å². The van der Waals surface area contributed by atoms with E-state index in [-0.39, 0.29) is 5.56 Å². The van der Waals surface area contributed by atoms with Crippen LogP contribution in [0.5, 0.6) is 0 Å². The summed E-state index contributed by atoms with van der Waals surface area (Å²) in [6.45, 7) is 5.40. The average Bonchev–Trinajstić information content (AvgIpc) is 3.23. The van der Waals surface area contributed by atoms with E-state index in [0.29, 0.717) is 12.6 Å². The van der Waals surface area contributed by atoms with Crippen molar-refractivity contribution in [1.29, 1.82) is 0 Å². The lowest BCUT2D eigenvalue weighted by molar-refractivity contribution is 0.148. The lowest BCUT2D eigenvalue weighted by Gasteiger charge is -2.36. The second kappa shape index (κ2) is 8.75. The molecule has 0 amide bonds. The molecule has 1 fully saturated rings. The monoisotopic (exact) mass is 418 g/mol. The Morgan fingerprint density at radius 3 is 2.77 bits per heavy atom. The molecule has 7 nitrogen and oxygen atoms in total. The molecule has 5 rings (SSSR count). The van der Waals surface area contributed by atoms with E-state index in [2.05, 4.69) is 20.3 Å². The Morgan fingerprint density at radius 2 is 1.90 bits per heavy atom. The van der Waals surface area contributed by atoms with Crippen molar-refractivity contribution in [2.45, 2.75) is 58.0 Å². The van der Waals surface area contributed by atoms with Crippen LogP contribution in [0.4, 0.5) is 5.82 Å². The van der Waals surface area contributed by atoms with Crippen molar-refractivity contribution < 1.29 is 0 Å². The van der Waals surface area contributed by atoms with Crippen LogP contribution in [0.3, 0.4) is 0 Å². The van der Waals surface area contributed by atoms with Gasteiger partial charge < -0.3 is 5.32 Å². The van der Waals surface area contributed by atoms with Crippen LogP contribution in [0, 0.1) is 6.92 Å². The molecule has 2 aliphatic rings. The molecular formula is C24H30N6O. The van der Waals surface area contributed by atoms with Crippen LogP contribution in [-0.2, 0) is 19.4 Å². The van der Waals surface area contributed by atoms with Crippen LogP contribution in [0.15, 0.2) is 35.1 Å². The fourth-order valence-corrected chi connectivity index (χ4v) is 4.88. The Morgan fingerprint density at radius 1 is 1.06 bits per heavy atom. The molecular weight excluding hydrogens is 388 g/mol. The zero-order valence-electron chi connectivity index (χ0n) is 18.2. The quantitative estimate of drug-likeness (QED) is 0.663. The topological polar surface area (TPSA) is 75.9 Å². The Bertz CT molecular complexity index is 1140. The van der Waals surface area contributed by atoms with Gasteiger partial charge in [-0.15, -0.1) is 0 Å². The summed E-state index contributed by atoms with van der Waals surface area (Å²) in [6.07, 6.45) is 6.70. The molecule has 0 radical (unpaired) electrons. The van der Waals surface area contributed by atoms with Crippen LogP contribution >= 0.6 is 0 Å². The number of fused-ring (bicyclic) bond motifs is 2. The lowest BCUT2D eigenvalue weighted by atomic mass is 10.0. The minimum atomic E-state index is 0.0365. The average molecular weight is 419 g/mol. The maximum atomic E-state index is 12.4. The number of aryl methyl sites for hydroxylation is 3. The maximum absolute atomic E-state index is 12.4. The van der Waals surface area contributed by atoms with Gasteiger partial charge in [-0.3, -0.25) is 9.69 Å². The van der Waals surface area contributed by atoms with Gasteiger partial charge in [0, 0.05) is 25.2 Å². The van der Waals surface area contributed by atoms with Gasteiger partial charge in [-0.25, -0.2) is 14.6 Å². The third-order valence-electron chi connectivity index (χ3n) is 6.62. The smallest absolute Gasteiger partial charge is 0.267 e. The molecule has 1 unspecified atom stereocenters. The molecule has 3 heterocycles. The van der Waals surface area contributed by atoms with Gasteiger partial charge in [0.2, 0.25) is 0 Å². The molecule has 0 bridgehead atoms. The van der Waals surface area contributed by atoms with Gasteiger partial charge in [0.25, 0.3) is 5.56 Å². The number of aromatic nitrogens is 4. The third kappa shape index (κ3) is 4.32. The fraction of sp³-hybridized carbons (Fsp3) is 0.500. The molecule has 2 aromatic heterocycles. The van der Waals surface area contributed by atoms with E-state index in [1.807, 2.05) is 31.2 Å². The molecule has 162 valence electrons. The van der Waals surface area contributed by atoms with E-state index in [4.69, 9.17) is 4.98 Å². The van der Waals surface area contributed by atoms with E-state index < -0.39 is 0 Å². The van der Waals surface area contributed by atoms with Crippen molar-refractivity contribution in [1.82, 2.24) is 24.6 Å². The number of rotatable bonds is 6. The van der Waals surface area contributed by atoms with Gasteiger partial charge >= 0.3 is 0 Å². The molecule has 31 heavy (non-hydrogen) atoms. The van der Waals surface area contributed by atoms with Crippen molar-refractivity contribution in [2.24, 2.45) is 0 Å². The normalized spacial score (nSPS) is 18.9. The Kier molecular flexibility index (Phi) is 5.68. The number of nitrogens with one attached hydrogen (secondary N) is 1. The zero-order valence-corrected chi connectivity index (χ0v) is 18.2. The molecule has 1 aromatic carbocycles. The second-order valence-corrected chi connectivity index (χ2v) is 8.74. The minimum absolute atomic E-state index is 0.0365. The standard InChI is InChI=1S/C24H30N6O/c1-17-24(27-22-10-3-2-9-21(22)26-17)25-16-19-8-4-5-12-29(19)13-14-30-23(31)15-18-7-6-11-20(18)28-30/h2-3,9-10,15,19H,4-8,11-14,16H2,1H3,(H,25,27). The number of piperidine rings is 1. The van der Waals surface area contributed by atoms with Crippen LogP contribution in [0.2, 0.25) is 0 Å². The molecule has 7 heteroatoms. The number of para-hydroxylation sites is 2. The van der Waals surface area contributed by atoms with Crippen molar-refractivity contribution >= 4 is 16.9 Å². The van der Waals surface area contributed by atoms with Crippen LogP contribution in [-0.4, -0.2) is 50.3 Å². The zero-order chi connectivity index (χ0) is 21.2. The predicted octanol–water partition coefficient (Wildman–Crippen LogP) is 2.95. The molecule has 0 saturated carbocycles. The van der Waals surface area contributed by atoms with Crippen molar-refractivity contribution in [3.63, 3.8) is 0 Å². The summed E-state index contributed by atoms with van der Waals surface area (Å²) in [5.74, 6) is 0.862. The minimum Gasteiger partial charge on any atom is -0.367 e. The molecule has 0 spiro atoms. The number of nitrogens with zero attached hydrogens (tertiary/aromatic N) is 5. The highest BCUT2D eigenvalue weighted by molar-refractivity contribution is 5.76. The summed E-state index contributed by atoms with van der Waals surface area (Å²) in [4.78, 5) is 24.4. The summed E-state index contributed by atoms with van der Waals surface area (Å²) in [7, 11) is 0. The Hall–Kier alpha value is -2.80. The molecule has 1 N–H and O–H groups in total. The molecule has 1 atom stereocenters. The van der Waals surface area contributed by atoms with Crippen LogP contribution < -0.4 is 10.9 Å². The van der Waals surface area contributed by atoms with Gasteiger partial charge in [-0.05, 0) is 63.3 Å². The third-order valence-corrected chi connectivity index (χ3v) is 6.62. The number of hydrogen-bond acceptors (Lipinski definition) is 6. The number of anilines is 1. The van der Waals surface area contributed by atoms with Crippen molar-refractivity contribution in [3.8, 4) is 0 Å². The number of benzene rings is 1. The highest BCUT2D eigenvalue weighted by Crippen LogP contribution is 2.20. The van der Waals surface area contributed by atoms with Gasteiger partial charge in [0.05, 0.1) is 29.0 Å². The summed E-state index contributed by atoms with van der Waals surface area (Å²) >= 11 is 0. The first kappa shape index (κ1) is 20.1. The van der Waals surface area contributed by atoms with Crippen LogP contribution in [0.25, 0.3) is 11.0 Å².